The Labute approximate surface area is 167 Å². The van der Waals surface area contributed by atoms with Gasteiger partial charge in [-0.25, -0.2) is 0 Å². The van der Waals surface area contributed by atoms with Gasteiger partial charge < -0.3 is 4.74 Å². The normalized spacial score (nSPS) is 13.0. The van der Waals surface area contributed by atoms with Crippen molar-refractivity contribution in [2.45, 2.75) is 54.4 Å². The number of benzene rings is 1. The number of hydrogen-bond donors (Lipinski definition) is 0. The maximum absolute atomic E-state index is 13.0. The molecule has 1 aromatic carbocycles. The lowest BCUT2D eigenvalue weighted by molar-refractivity contribution is 0.0856. The summed E-state index contributed by atoms with van der Waals surface area (Å²) in [5.41, 5.74) is 0.835. The van der Waals surface area contributed by atoms with Crippen LogP contribution < -0.4 is 4.74 Å². The first-order valence-electron chi connectivity index (χ1n) is 9.45. The molecule has 0 N–H and O–H groups in total. The lowest BCUT2D eigenvalue weighted by Gasteiger charge is -2.22. The van der Waals surface area contributed by atoms with E-state index in [9.17, 15) is 4.79 Å². The lowest BCUT2D eigenvalue weighted by atomic mass is 9.84. The van der Waals surface area contributed by atoms with Crippen LogP contribution in [0.15, 0.2) is 24.3 Å². The van der Waals surface area contributed by atoms with E-state index in [2.05, 4.69) is 37.8 Å². The molecule has 148 valence electrons. The minimum Gasteiger partial charge on any atom is -0.462 e. The zero-order valence-corrected chi connectivity index (χ0v) is 17.9. The van der Waals surface area contributed by atoms with Gasteiger partial charge in [0.2, 0.25) is 5.91 Å². The Hall–Kier alpha value is -1.88. The first-order valence-corrected chi connectivity index (χ1v) is 9.82. The van der Waals surface area contributed by atoms with Crippen LogP contribution in [0.1, 0.15) is 59.2 Å². The summed E-state index contributed by atoms with van der Waals surface area (Å²) in [4.78, 5) is 17.4. The molecule has 0 bridgehead atoms. The highest BCUT2D eigenvalue weighted by Crippen LogP contribution is 2.30. The van der Waals surface area contributed by atoms with Crippen LogP contribution >= 0.6 is 11.6 Å². The van der Waals surface area contributed by atoms with Crippen molar-refractivity contribution >= 4 is 17.5 Å². The SMILES string of the molecule is CC(C)COc1nc(-c2ccccc2Cl)n(C(=O)CC(C)CC(C)(C)C)n1. The van der Waals surface area contributed by atoms with Crippen LogP contribution in [0.4, 0.5) is 0 Å². The van der Waals surface area contributed by atoms with Crippen molar-refractivity contribution in [2.75, 3.05) is 6.61 Å². The van der Waals surface area contributed by atoms with Gasteiger partial charge in [-0.05, 0) is 35.8 Å². The van der Waals surface area contributed by atoms with Crippen LogP contribution in [0, 0.1) is 17.3 Å². The molecule has 0 fully saturated rings. The van der Waals surface area contributed by atoms with Crippen molar-refractivity contribution in [3.63, 3.8) is 0 Å². The molecule has 0 spiro atoms. The third-order valence-corrected chi connectivity index (χ3v) is 4.30. The fourth-order valence-corrected chi connectivity index (χ4v) is 3.31. The minimum atomic E-state index is -0.103. The highest BCUT2D eigenvalue weighted by molar-refractivity contribution is 6.33. The van der Waals surface area contributed by atoms with E-state index in [1.165, 1.54) is 4.68 Å². The van der Waals surface area contributed by atoms with Gasteiger partial charge in [0, 0.05) is 12.0 Å². The molecule has 0 aliphatic carbocycles. The maximum atomic E-state index is 13.0. The monoisotopic (exact) mass is 391 g/mol. The number of rotatable bonds is 7. The van der Waals surface area contributed by atoms with E-state index >= 15 is 0 Å². The average Bonchev–Trinajstić information content (AvgIpc) is 2.95. The molecule has 1 aromatic heterocycles. The Bertz CT molecular complexity index is 778. The number of nitrogens with zero attached hydrogens (tertiary/aromatic N) is 3. The highest BCUT2D eigenvalue weighted by Gasteiger charge is 2.24. The summed E-state index contributed by atoms with van der Waals surface area (Å²) in [5.74, 6) is 0.893. The van der Waals surface area contributed by atoms with E-state index < -0.39 is 0 Å². The van der Waals surface area contributed by atoms with Gasteiger partial charge in [0.05, 0.1) is 11.6 Å². The Morgan fingerprint density at radius 3 is 2.48 bits per heavy atom. The smallest absolute Gasteiger partial charge is 0.336 e. The standard InChI is InChI=1S/C21H30ClN3O2/c1-14(2)13-27-20-23-19(16-9-7-8-10-17(16)22)25(24-20)18(26)11-15(3)12-21(4,5)6/h7-10,14-15H,11-13H2,1-6H3. The summed E-state index contributed by atoms with van der Waals surface area (Å²) in [7, 11) is 0. The van der Waals surface area contributed by atoms with Crippen molar-refractivity contribution < 1.29 is 9.53 Å². The Balaban J connectivity index is 2.32. The summed E-state index contributed by atoms with van der Waals surface area (Å²) in [6, 6.07) is 7.52. The first-order chi connectivity index (χ1) is 12.6. The zero-order chi connectivity index (χ0) is 20.2. The van der Waals surface area contributed by atoms with E-state index in [-0.39, 0.29) is 23.3 Å². The fraction of sp³-hybridized carbons (Fsp3) is 0.571. The van der Waals surface area contributed by atoms with Gasteiger partial charge in [0.15, 0.2) is 5.82 Å². The molecule has 0 saturated heterocycles. The second-order valence-corrected chi connectivity index (χ2v) is 9.19. The first kappa shape index (κ1) is 21.4. The number of aromatic nitrogens is 3. The Morgan fingerprint density at radius 1 is 1.22 bits per heavy atom. The van der Waals surface area contributed by atoms with Gasteiger partial charge in [-0.3, -0.25) is 4.79 Å². The number of carbonyl (C=O) groups excluding carboxylic acids is 1. The van der Waals surface area contributed by atoms with Gasteiger partial charge in [0.25, 0.3) is 0 Å². The predicted octanol–water partition coefficient (Wildman–Crippen LogP) is 5.74. The van der Waals surface area contributed by atoms with Crippen LogP contribution in [0.2, 0.25) is 5.02 Å². The molecule has 2 aromatic rings. The molecule has 0 amide bonds. The third-order valence-electron chi connectivity index (χ3n) is 3.97. The quantitative estimate of drug-likeness (QED) is 0.604. The number of carbonyl (C=O) groups is 1. The molecule has 27 heavy (non-hydrogen) atoms. The molecule has 1 unspecified atom stereocenters. The Morgan fingerprint density at radius 2 is 1.89 bits per heavy atom. The van der Waals surface area contributed by atoms with Crippen molar-refractivity contribution in [3.05, 3.63) is 29.3 Å². The number of hydrogen-bond acceptors (Lipinski definition) is 4. The van der Waals surface area contributed by atoms with Crippen LogP contribution in [-0.2, 0) is 0 Å². The lowest BCUT2D eigenvalue weighted by Crippen LogP contribution is -2.20. The highest BCUT2D eigenvalue weighted by atomic mass is 35.5. The predicted molar refractivity (Wildman–Crippen MR) is 109 cm³/mol. The van der Waals surface area contributed by atoms with Gasteiger partial charge in [-0.2, -0.15) is 9.67 Å². The second kappa shape index (κ2) is 8.87. The van der Waals surface area contributed by atoms with E-state index in [4.69, 9.17) is 16.3 Å². The van der Waals surface area contributed by atoms with Crippen molar-refractivity contribution in [3.8, 4) is 17.4 Å². The molecule has 6 heteroatoms. The molecule has 2 rings (SSSR count). The molecule has 5 nitrogen and oxygen atoms in total. The van der Waals surface area contributed by atoms with Gasteiger partial charge in [-0.1, -0.05) is 65.3 Å². The number of halogens is 1. The van der Waals surface area contributed by atoms with Gasteiger partial charge >= 0.3 is 6.01 Å². The fourth-order valence-electron chi connectivity index (χ4n) is 3.09. The molecular weight excluding hydrogens is 362 g/mol. The summed E-state index contributed by atoms with van der Waals surface area (Å²) in [6.45, 7) is 13.2. The molecule has 1 heterocycles. The van der Waals surface area contributed by atoms with Crippen LogP contribution in [0.3, 0.4) is 0 Å². The molecule has 1 atom stereocenters. The summed E-state index contributed by atoms with van der Waals surface area (Å²) >= 11 is 6.33. The summed E-state index contributed by atoms with van der Waals surface area (Å²) < 4.78 is 6.99. The van der Waals surface area contributed by atoms with E-state index in [1.807, 2.05) is 32.0 Å². The van der Waals surface area contributed by atoms with Crippen LogP contribution in [-0.4, -0.2) is 27.3 Å². The minimum absolute atomic E-state index is 0.103. The van der Waals surface area contributed by atoms with Crippen molar-refractivity contribution in [1.82, 2.24) is 14.8 Å². The van der Waals surface area contributed by atoms with E-state index in [0.29, 0.717) is 35.4 Å². The summed E-state index contributed by atoms with van der Waals surface area (Å²) in [5, 5.41) is 4.85. The molecule has 0 aliphatic rings. The molecule has 0 radical (unpaired) electrons. The summed E-state index contributed by atoms with van der Waals surface area (Å²) in [6.07, 6.45) is 1.34. The van der Waals surface area contributed by atoms with E-state index in [1.54, 1.807) is 6.07 Å². The van der Waals surface area contributed by atoms with E-state index in [0.717, 1.165) is 6.42 Å². The average molecular weight is 392 g/mol. The molecule has 0 saturated carbocycles. The maximum Gasteiger partial charge on any atom is 0.336 e. The van der Waals surface area contributed by atoms with Crippen molar-refractivity contribution in [2.24, 2.45) is 17.3 Å². The third kappa shape index (κ3) is 6.35. The molecule has 0 aliphatic heterocycles. The largest absolute Gasteiger partial charge is 0.462 e. The molecular formula is C21H30ClN3O2. The van der Waals surface area contributed by atoms with Gasteiger partial charge in [0.1, 0.15) is 0 Å². The second-order valence-electron chi connectivity index (χ2n) is 8.78. The van der Waals surface area contributed by atoms with Crippen molar-refractivity contribution in [1.29, 1.82) is 0 Å². The van der Waals surface area contributed by atoms with Gasteiger partial charge in [-0.15, -0.1) is 5.10 Å². The zero-order valence-electron chi connectivity index (χ0n) is 17.1. The van der Waals surface area contributed by atoms with Crippen LogP contribution in [0.5, 0.6) is 6.01 Å². The Kier molecular flexibility index (Phi) is 7.04. The number of ether oxygens (including phenoxy) is 1. The topological polar surface area (TPSA) is 57.0 Å². The van der Waals surface area contributed by atoms with Crippen LogP contribution in [0.25, 0.3) is 11.4 Å².